The van der Waals surface area contributed by atoms with Crippen LogP contribution in [0, 0.1) is 45.6 Å². The molecule has 11 aromatic carbocycles. The maximum atomic E-state index is 12.7. The van der Waals surface area contributed by atoms with Gasteiger partial charge in [0.05, 0.1) is 89.8 Å². The molecule has 0 aliphatic carbocycles. The van der Waals surface area contributed by atoms with Gasteiger partial charge in [0, 0.05) is 53.9 Å². The fraction of sp³-hybridized carbons (Fsp3) is 0.0556. The highest BCUT2D eigenvalue weighted by molar-refractivity contribution is 6.27. The zero-order valence-corrected chi connectivity index (χ0v) is 44.0. The van der Waals surface area contributed by atoms with Crippen LogP contribution in [-0.4, -0.2) is 18.3 Å². The van der Waals surface area contributed by atoms with E-state index in [2.05, 4.69) is 222 Å². The summed E-state index contributed by atoms with van der Waals surface area (Å²) in [5.74, 6) is 0. The molecule has 374 valence electrons. The number of aromatic nitrogens is 4. The molecule has 0 bridgehead atoms. The number of hydrogen-bond donors (Lipinski definition) is 0. The molecule has 8 nitrogen and oxygen atoms in total. The third-order valence-corrected chi connectivity index (χ3v) is 17.0. The standard InChI is InChI=1S/C72H44N6O2/c1-39-22-28-56-49(34-39)50-35-40(2)23-29-57(50)75(56)67-53(38-73)68(77-54-18-10-6-16-47(54)64-60(77)32-26-45-43-14-8-12-20-62(43)79-71(45)64)70(76-58-30-24-41(3)36-51(58)52-37-42(4)25-31-59(52)76)69(66(67)74-5)78-55-19-11-7-17-48(55)65-61(78)33-27-46-44-15-9-13-21-63(44)80-72(46)65/h6-37H,1-4H3. The van der Waals surface area contributed by atoms with E-state index in [1.807, 2.05) is 24.3 Å². The zero-order chi connectivity index (χ0) is 53.4. The van der Waals surface area contributed by atoms with Crippen molar-refractivity contribution in [3.63, 3.8) is 0 Å². The molecule has 0 N–H and O–H groups in total. The van der Waals surface area contributed by atoms with Gasteiger partial charge in [-0.25, -0.2) is 4.85 Å². The van der Waals surface area contributed by atoms with Gasteiger partial charge < -0.3 is 27.1 Å². The Morgan fingerprint density at radius 3 is 1.12 bits per heavy atom. The Hall–Kier alpha value is -10.8. The van der Waals surface area contributed by atoms with Gasteiger partial charge in [-0.05, 0) is 125 Å². The number of benzene rings is 11. The summed E-state index contributed by atoms with van der Waals surface area (Å²) < 4.78 is 23.0. The van der Waals surface area contributed by atoms with Crippen molar-refractivity contribution in [1.82, 2.24) is 18.3 Å². The van der Waals surface area contributed by atoms with Crippen molar-refractivity contribution >= 4 is 137 Å². The summed E-state index contributed by atoms with van der Waals surface area (Å²) in [7, 11) is 0. The fourth-order valence-electron chi connectivity index (χ4n) is 13.7. The van der Waals surface area contributed by atoms with E-state index in [0.717, 1.165) is 153 Å². The van der Waals surface area contributed by atoms with Crippen LogP contribution >= 0.6 is 0 Å². The van der Waals surface area contributed by atoms with Gasteiger partial charge in [0.15, 0.2) is 0 Å². The second kappa shape index (κ2) is 15.9. The molecule has 0 saturated carbocycles. The highest BCUT2D eigenvalue weighted by atomic mass is 16.3. The van der Waals surface area contributed by atoms with Crippen molar-refractivity contribution in [2.24, 2.45) is 0 Å². The van der Waals surface area contributed by atoms with Crippen molar-refractivity contribution in [2.75, 3.05) is 0 Å². The number of furan rings is 2. The fourth-order valence-corrected chi connectivity index (χ4v) is 13.7. The van der Waals surface area contributed by atoms with Crippen LogP contribution < -0.4 is 0 Å². The van der Waals surface area contributed by atoms with Crippen LogP contribution in [0.1, 0.15) is 27.8 Å². The summed E-state index contributed by atoms with van der Waals surface area (Å²) in [6.07, 6.45) is 0. The van der Waals surface area contributed by atoms with Gasteiger partial charge >= 0.3 is 0 Å². The summed E-state index contributed by atoms with van der Waals surface area (Å²) in [4.78, 5) is 4.82. The van der Waals surface area contributed by atoms with Crippen LogP contribution in [-0.2, 0) is 0 Å². The number of fused-ring (bicyclic) bond motifs is 20. The zero-order valence-electron chi connectivity index (χ0n) is 44.0. The lowest BCUT2D eigenvalue weighted by atomic mass is 10.0. The SMILES string of the molecule is [C-]#[N+]c1c(-n2c3ccc(C)cc3c3cc(C)ccc32)c(C#N)c(-n2c3ccccc3c3c4oc5ccccc5c4ccc32)c(-n2c3ccc(C)cc3c3cc(C)ccc32)c1-n1c2ccccc2c2c3oc4ccccc4c3ccc21. The number of aryl methyl sites for hydroxylation is 4. The number of nitriles is 1. The minimum atomic E-state index is 0.322. The van der Waals surface area contributed by atoms with Crippen LogP contribution in [0.2, 0.25) is 0 Å². The Morgan fingerprint density at radius 2 is 0.700 bits per heavy atom. The van der Waals surface area contributed by atoms with Crippen molar-refractivity contribution in [3.05, 3.63) is 233 Å². The largest absolute Gasteiger partial charge is 0.455 e. The van der Waals surface area contributed by atoms with Gasteiger partial charge in [0.25, 0.3) is 0 Å². The molecular weight excluding hydrogens is 981 g/mol. The Morgan fingerprint density at radius 1 is 0.350 bits per heavy atom. The molecule has 0 spiro atoms. The first kappa shape index (κ1) is 44.3. The van der Waals surface area contributed by atoms with Gasteiger partial charge in [-0.15, -0.1) is 0 Å². The van der Waals surface area contributed by atoms with Gasteiger partial charge in [0.1, 0.15) is 28.4 Å². The van der Waals surface area contributed by atoms with Crippen LogP contribution in [0.15, 0.2) is 203 Å². The average molecular weight is 1030 g/mol. The normalized spacial score (nSPS) is 12.2. The van der Waals surface area contributed by atoms with Crippen molar-refractivity contribution in [1.29, 1.82) is 5.26 Å². The van der Waals surface area contributed by atoms with Crippen molar-refractivity contribution in [2.45, 2.75) is 27.7 Å². The molecule has 0 atom stereocenters. The molecule has 0 fully saturated rings. The lowest BCUT2D eigenvalue weighted by Crippen LogP contribution is -2.14. The Balaban J connectivity index is 1.19. The van der Waals surface area contributed by atoms with E-state index in [9.17, 15) is 11.8 Å². The summed E-state index contributed by atoms with van der Waals surface area (Å²) >= 11 is 0. The quantitative estimate of drug-likeness (QED) is 0.165. The molecule has 8 heteroatoms. The molecule has 0 radical (unpaired) electrons. The molecule has 0 amide bonds. The maximum absolute atomic E-state index is 12.7. The van der Waals surface area contributed by atoms with E-state index < -0.39 is 0 Å². The van der Waals surface area contributed by atoms with Crippen LogP contribution in [0.5, 0.6) is 0 Å². The van der Waals surface area contributed by atoms with E-state index in [1.165, 1.54) is 0 Å². The Kier molecular flexibility index (Phi) is 8.81. The van der Waals surface area contributed by atoms with Gasteiger partial charge in [-0.2, -0.15) is 5.26 Å². The predicted octanol–water partition coefficient (Wildman–Crippen LogP) is 19.5. The monoisotopic (exact) mass is 1020 g/mol. The van der Waals surface area contributed by atoms with Crippen LogP contribution in [0.4, 0.5) is 5.69 Å². The highest BCUT2D eigenvalue weighted by Crippen LogP contribution is 2.53. The number of para-hydroxylation sites is 4. The molecule has 6 aromatic heterocycles. The van der Waals surface area contributed by atoms with Crippen LogP contribution in [0.3, 0.4) is 0 Å². The van der Waals surface area contributed by atoms with E-state index in [4.69, 9.17) is 13.7 Å². The summed E-state index contributed by atoms with van der Waals surface area (Å²) in [6, 6.07) is 71.3. The topological polar surface area (TPSA) is 74.2 Å². The second-order valence-corrected chi connectivity index (χ2v) is 21.7. The van der Waals surface area contributed by atoms with E-state index in [-0.39, 0.29) is 0 Å². The summed E-state index contributed by atoms with van der Waals surface area (Å²) in [5, 5.41) is 24.8. The molecule has 0 aliphatic heterocycles. The minimum Gasteiger partial charge on any atom is -0.455 e. The molecule has 0 saturated heterocycles. The third-order valence-electron chi connectivity index (χ3n) is 17.0. The van der Waals surface area contributed by atoms with E-state index >= 15 is 0 Å². The van der Waals surface area contributed by atoms with E-state index in [0.29, 0.717) is 34.0 Å². The molecule has 0 aliphatic rings. The molecule has 0 unspecified atom stereocenters. The second-order valence-electron chi connectivity index (χ2n) is 21.7. The summed E-state index contributed by atoms with van der Waals surface area (Å²) in [6.45, 7) is 18.4. The van der Waals surface area contributed by atoms with Crippen LogP contribution in [0.25, 0.3) is 159 Å². The minimum absolute atomic E-state index is 0.322. The first-order valence-electron chi connectivity index (χ1n) is 27.0. The molecule has 17 aromatic rings. The highest BCUT2D eigenvalue weighted by Gasteiger charge is 2.35. The lowest BCUT2D eigenvalue weighted by Gasteiger charge is -2.27. The third kappa shape index (κ3) is 5.71. The first-order valence-corrected chi connectivity index (χ1v) is 27.0. The van der Waals surface area contributed by atoms with E-state index in [1.54, 1.807) is 0 Å². The smallest absolute Gasteiger partial charge is 0.237 e. The lowest BCUT2D eigenvalue weighted by molar-refractivity contribution is 0.672. The molecule has 80 heavy (non-hydrogen) atoms. The maximum Gasteiger partial charge on any atom is 0.237 e. The Bertz CT molecular complexity index is 5410. The van der Waals surface area contributed by atoms with Gasteiger partial charge in [-0.1, -0.05) is 119 Å². The van der Waals surface area contributed by atoms with Gasteiger partial charge in [0.2, 0.25) is 5.69 Å². The number of hydrogen-bond acceptors (Lipinski definition) is 3. The van der Waals surface area contributed by atoms with Crippen molar-refractivity contribution < 1.29 is 8.83 Å². The summed E-state index contributed by atoms with van der Waals surface area (Å²) in [5.41, 5.74) is 17.8. The van der Waals surface area contributed by atoms with Gasteiger partial charge in [-0.3, -0.25) is 0 Å². The molecular formula is C72H44N6O2. The molecule has 6 heterocycles. The number of nitrogens with zero attached hydrogens (tertiary/aromatic N) is 6. The predicted molar refractivity (Wildman–Crippen MR) is 328 cm³/mol. The Labute approximate surface area is 456 Å². The molecule has 17 rings (SSSR count). The number of rotatable bonds is 4. The average Bonchev–Trinajstić information content (AvgIpc) is 4.50. The first-order chi connectivity index (χ1) is 39.3. The van der Waals surface area contributed by atoms with Crippen molar-refractivity contribution in [3.8, 4) is 28.8 Å².